The maximum atomic E-state index is 12.1. The van der Waals surface area contributed by atoms with Crippen molar-refractivity contribution in [2.75, 3.05) is 13.7 Å². The minimum absolute atomic E-state index is 0.0554. The molecule has 5 nitrogen and oxygen atoms in total. The zero-order valence-corrected chi connectivity index (χ0v) is 13.7. The molecule has 0 amide bonds. The second-order valence-corrected chi connectivity index (χ2v) is 5.51. The van der Waals surface area contributed by atoms with E-state index in [2.05, 4.69) is 39.2 Å². The van der Waals surface area contributed by atoms with E-state index >= 15 is 0 Å². The van der Waals surface area contributed by atoms with E-state index in [9.17, 15) is 13.2 Å². The quantitative estimate of drug-likeness (QED) is 0.621. The standard InChI is InChI=1S/C15H23F3N4O/c1-10(2)11(3)22-14(19-4)21-8-12-5-6-20-13(7-12)23-9-15(16,17)18/h5-7,10-11H,8-9H2,1-4H3,(H2,19,21,22). The van der Waals surface area contributed by atoms with Crippen LogP contribution in [0.5, 0.6) is 5.88 Å². The largest absolute Gasteiger partial charge is 0.468 e. The van der Waals surface area contributed by atoms with Crippen molar-refractivity contribution in [2.24, 2.45) is 10.9 Å². The van der Waals surface area contributed by atoms with Crippen molar-refractivity contribution in [1.29, 1.82) is 0 Å². The summed E-state index contributed by atoms with van der Waals surface area (Å²) in [6.45, 7) is 5.28. The molecule has 1 heterocycles. The van der Waals surface area contributed by atoms with Crippen LogP contribution >= 0.6 is 0 Å². The van der Waals surface area contributed by atoms with Crippen molar-refractivity contribution in [2.45, 2.75) is 39.5 Å². The molecule has 1 unspecified atom stereocenters. The predicted molar refractivity (Wildman–Crippen MR) is 83.4 cm³/mol. The van der Waals surface area contributed by atoms with Crippen LogP contribution in [0.2, 0.25) is 0 Å². The van der Waals surface area contributed by atoms with E-state index in [1.807, 2.05) is 6.92 Å². The molecule has 0 fully saturated rings. The lowest BCUT2D eigenvalue weighted by Crippen LogP contribution is -2.43. The highest BCUT2D eigenvalue weighted by atomic mass is 19.4. The van der Waals surface area contributed by atoms with Crippen molar-refractivity contribution >= 4 is 5.96 Å². The summed E-state index contributed by atoms with van der Waals surface area (Å²) in [5.74, 6) is 1.01. The van der Waals surface area contributed by atoms with Crippen LogP contribution in [0.1, 0.15) is 26.3 Å². The van der Waals surface area contributed by atoms with E-state index in [4.69, 9.17) is 0 Å². The van der Waals surface area contributed by atoms with Crippen molar-refractivity contribution in [1.82, 2.24) is 15.6 Å². The first kappa shape index (κ1) is 19.1. The van der Waals surface area contributed by atoms with Gasteiger partial charge in [0.2, 0.25) is 5.88 Å². The molecule has 1 rings (SSSR count). The molecule has 0 aliphatic carbocycles. The van der Waals surface area contributed by atoms with E-state index in [0.717, 1.165) is 5.56 Å². The first-order valence-electron chi connectivity index (χ1n) is 7.33. The van der Waals surface area contributed by atoms with Gasteiger partial charge in [-0.1, -0.05) is 13.8 Å². The minimum Gasteiger partial charge on any atom is -0.468 e. The topological polar surface area (TPSA) is 58.5 Å². The van der Waals surface area contributed by atoms with Crippen molar-refractivity contribution in [3.63, 3.8) is 0 Å². The Kier molecular flexibility index (Phi) is 7.12. The molecule has 1 aromatic rings. The molecule has 1 aromatic heterocycles. The van der Waals surface area contributed by atoms with Gasteiger partial charge in [0, 0.05) is 31.9 Å². The van der Waals surface area contributed by atoms with Crippen molar-refractivity contribution in [3.8, 4) is 5.88 Å². The summed E-state index contributed by atoms with van der Waals surface area (Å²) in [6.07, 6.45) is -2.97. The maximum Gasteiger partial charge on any atom is 0.422 e. The minimum atomic E-state index is -4.38. The van der Waals surface area contributed by atoms with Crippen LogP contribution < -0.4 is 15.4 Å². The van der Waals surface area contributed by atoms with Crippen LogP contribution in [0, 0.1) is 5.92 Å². The Hall–Kier alpha value is -1.99. The highest BCUT2D eigenvalue weighted by molar-refractivity contribution is 5.79. The summed E-state index contributed by atoms with van der Waals surface area (Å²) in [5, 5.41) is 6.34. The third-order valence-electron chi connectivity index (χ3n) is 3.23. The zero-order valence-electron chi connectivity index (χ0n) is 13.7. The number of hydrogen-bond acceptors (Lipinski definition) is 3. The summed E-state index contributed by atoms with van der Waals surface area (Å²) < 4.78 is 41.0. The average Bonchev–Trinajstić information content (AvgIpc) is 2.48. The van der Waals surface area contributed by atoms with Gasteiger partial charge < -0.3 is 15.4 Å². The maximum absolute atomic E-state index is 12.1. The molecule has 23 heavy (non-hydrogen) atoms. The first-order valence-corrected chi connectivity index (χ1v) is 7.33. The number of pyridine rings is 1. The average molecular weight is 332 g/mol. The van der Waals surface area contributed by atoms with Crippen molar-refractivity contribution in [3.05, 3.63) is 23.9 Å². The fraction of sp³-hybridized carbons (Fsp3) is 0.600. The molecule has 0 saturated carbocycles. The van der Waals surface area contributed by atoms with Gasteiger partial charge in [0.05, 0.1) is 0 Å². The number of aromatic nitrogens is 1. The van der Waals surface area contributed by atoms with Crippen LogP contribution in [0.25, 0.3) is 0 Å². The summed E-state index contributed by atoms with van der Waals surface area (Å²) in [5.41, 5.74) is 0.748. The van der Waals surface area contributed by atoms with E-state index in [-0.39, 0.29) is 11.9 Å². The smallest absolute Gasteiger partial charge is 0.422 e. The summed E-state index contributed by atoms with van der Waals surface area (Å²) in [6, 6.07) is 3.41. The third kappa shape index (κ3) is 7.71. The molecule has 0 saturated heterocycles. The Labute approximate surface area is 134 Å². The molecule has 0 bridgehead atoms. The lowest BCUT2D eigenvalue weighted by atomic mass is 10.1. The highest BCUT2D eigenvalue weighted by Crippen LogP contribution is 2.17. The molecular formula is C15H23F3N4O. The number of guanidine groups is 1. The third-order valence-corrected chi connectivity index (χ3v) is 3.23. The van der Waals surface area contributed by atoms with Gasteiger partial charge in [-0.3, -0.25) is 4.99 Å². The lowest BCUT2D eigenvalue weighted by Gasteiger charge is -2.20. The van der Waals surface area contributed by atoms with Gasteiger partial charge >= 0.3 is 6.18 Å². The molecule has 8 heteroatoms. The molecule has 130 valence electrons. The normalized spacial score (nSPS) is 13.8. The number of aliphatic imine (C=N–C) groups is 1. The molecule has 0 aliphatic heterocycles. The molecule has 0 aliphatic rings. The summed E-state index contributed by atoms with van der Waals surface area (Å²) >= 11 is 0. The highest BCUT2D eigenvalue weighted by Gasteiger charge is 2.28. The number of halogens is 3. The van der Waals surface area contributed by atoms with E-state index < -0.39 is 12.8 Å². The van der Waals surface area contributed by atoms with Gasteiger partial charge in [0.25, 0.3) is 0 Å². The number of rotatable bonds is 6. The van der Waals surface area contributed by atoms with E-state index in [0.29, 0.717) is 18.4 Å². The predicted octanol–water partition coefficient (Wildman–Crippen LogP) is 2.73. The fourth-order valence-electron chi connectivity index (χ4n) is 1.56. The number of hydrogen-bond donors (Lipinski definition) is 2. The number of ether oxygens (including phenoxy) is 1. The Morgan fingerprint density at radius 1 is 1.35 bits per heavy atom. The van der Waals surface area contributed by atoms with E-state index in [1.165, 1.54) is 12.3 Å². The van der Waals surface area contributed by atoms with E-state index in [1.54, 1.807) is 13.1 Å². The van der Waals surface area contributed by atoms with Crippen molar-refractivity contribution < 1.29 is 17.9 Å². The Balaban J connectivity index is 2.57. The molecule has 2 N–H and O–H groups in total. The molecule has 1 atom stereocenters. The molecule has 0 spiro atoms. The van der Waals surface area contributed by atoms with Crippen LogP contribution in [-0.4, -0.2) is 36.8 Å². The van der Waals surface area contributed by atoms with Crippen LogP contribution in [0.4, 0.5) is 13.2 Å². The van der Waals surface area contributed by atoms with Gasteiger partial charge in [0.15, 0.2) is 12.6 Å². The van der Waals surface area contributed by atoms with Gasteiger partial charge in [-0.2, -0.15) is 13.2 Å². The number of nitrogens with one attached hydrogen (secondary N) is 2. The molecular weight excluding hydrogens is 309 g/mol. The Bertz CT molecular complexity index is 518. The van der Waals surface area contributed by atoms with Gasteiger partial charge in [-0.05, 0) is 24.5 Å². The Morgan fingerprint density at radius 3 is 2.61 bits per heavy atom. The first-order chi connectivity index (χ1) is 10.7. The van der Waals surface area contributed by atoms with Crippen LogP contribution in [-0.2, 0) is 6.54 Å². The van der Waals surface area contributed by atoms with Gasteiger partial charge in [-0.25, -0.2) is 4.98 Å². The second-order valence-electron chi connectivity index (χ2n) is 5.51. The fourth-order valence-corrected chi connectivity index (χ4v) is 1.56. The lowest BCUT2D eigenvalue weighted by molar-refractivity contribution is -0.154. The summed E-state index contributed by atoms with van der Waals surface area (Å²) in [4.78, 5) is 7.88. The van der Waals surface area contributed by atoms with Crippen LogP contribution in [0.15, 0.2) is 23.3 Å². The van der Waals surface area contributed by atoms with Crippen LogP contribution in [0.3, 0.4) is 0 Å². The number of nitrogens with zero attached hydrogens (tertiary/aromatic N) is 2. The second kappa shape index (κ2) is 8.59. The Morgan fingerprint density at radius 2 is 2.04 bits per heavy atom. The number of alkyl halides is 3. The molecule has 0 radical (unpaired) electrons. The SMILES string of the molecule is CN=C(NCc1ccnc(OCC(F)(F)F)c1)NC(C)C(C)C. The van der Waals surface area contributed by atoms with Gasteiger partial charge in [-0.15, -0.1) is 0 Å². The van der Waals surface area contributed by atoms with Gasteiger partial charge in [0.1, 0.15) is 0 Å². The summed E-state index contributed by atoms with van der Waals surface area (Å²) in [7, 11) is 1.66. The molecule has 0 aromatic carbocycles. The zero-order chi connectivity index (χ0) is 17.5. The monoisotopic (exact) mass is 332 g/mol.